The lowest BCUT2D eigenvalue weighted by atomic mass is 9.88. The Labute approximate surface area is 164 Å². The summed E-state index contributed by atoms with van der Waals surface area (Å²) in [5.41, 5.74) is 5.20. The van der Waals surface area contributed by atoms with Crippen molar-refractivity contribution in [3.63, 3.8) is 0 Å². The van der Waals surface area contributed by atoms with Gasteiger partial charge in [-0.2, -0.15) is 0 Å². The fraction of sp³-hybridized carbons (Fsp3) is 0.125. The number of carbonyl (C=O) groups excluding carboxylic acids is 1. The van der Waals surface area contributed by atoms with Crippen LogP contribution < -0.4 is 15.4 Å². The van der Waals surface area contributed by atoms with Crippen LogP contribution in [0.25, 0.3) is 5.70 Å². The molecule has 1 atom stereocenters. The quantitative estimate of drug-likeness (QED) is 0.684. The van der Waals surface area contributed by atoms with Crippen molar-refractivity contribution in [1.82, 2.24) is 10.6 Å². The molecule has 0 unspecified atom stereocenters. The monoisotopic (exact) mass is 370 g/mol. The van der Waals surface area contributed by atoms with Gasteiger partial charge in [-0.3, -0.25) is 0 Å². The van der Waals surface area contributed by atoms with Crippen LogP contribution in [0.4, 0.5) is 4.79 Å². The molecule has 1 heterocycles. The van der Waals surface area contributed by atoms with Crippen LogP contribution in [0.5, 0.6) is 5.75 Å². The Balaban J connectivity index is 1.84. The smallest absolute Gasteiger partial charge is 0.319 e. The summed E-state index contributed by atoms with van der Waals surface area (Å²) in [5.74, 6) is 0.786. The third-order valence-corrected chi connectivity index (χ3v) is 4.93. The second-order valence-electron chi connectivity index (χ2n) is 6.73. The van der Waals surface area contributed by atoms with Crippen molar-refractivity contribution in [3.8, 4) is 5.75 Å². The lowest BCUT2D eigenvalue weighted by molar-refractivity contribution is 0.240. The Morgan fingerprint density at radius 2 is 1.50 bits per heavy atom. The summed E-state index contributed by atoms with van der Waals surface area (Å²) in [7, 11) is 1.65. The van der Waals surface area contributed by atoms with Gasteiger partial charge >= 0.3 is 6.03 Å². The zero-order chi connectivity index (χ0) is 19.3. The molecule has 140 valence electrons. The first-order valence-corrected chi connectivity index (χ1v) is 9.28. The van der Waals surface area contributed by atoms with Gasteiger partial charge in [0, 0.05) is 0 Å². The molecule has 4 nitrogen and oxygen atoms in total. The van der Waals surface area contributed by atoms with Crippen LogP contribution in [-0.4, -0.2) is 13.1 Å². The van der Waals surface area contributed by atoms with E-state index in [0.29, 0.717) is 0 Å². The highest BCUT2D eigenvalue weighted by Gasteiger charge is 2.28. The first-order chi connectivity index (χ1) is 13.7. The molecule has 4 heteroatoms. The summed E-state index contributed by atoms with van der Waals surface area (Å²) >= 11 is 0. The third-order valence-electron chi connectivity index (χ3n) is 4.93. The number of urea groups is 1. The van der Waals surface area contributed by atoms with Crippen LogP contribution in [0.3, 0.4) is 0 Å². The van der Waals surface area contributed by atoms with E-state index >= 15 is 0 Å². The highest BCUT2D eigenvalue weighted by atomic mass is 16.5. The van der Waals surface area contributed by atoms with Crippen LogP contribution in [0.2, 0.25) is 0 Å². The fourth-order valence-corrected chi connectivity index (χ4v) is 3.54. The molecule has 2 amide bonds. The van der Waals surface area contributed by atoms with Crippen molar-refractivity contribution in [1.29, 1.82) is 0 Å². The Hall–Kier alpha value is -3.53. The number of carbonyl (C=O) groups is 1. The van der Waals surface area contributed by atoms with Crippen LogP contribution in [0, 0.1) is 0 Å². The summed E-state index contributed by atoms with van der Waals surface area (Å²) in [6.07, 6.45) is 0.731. The summed E-state index contributed by atoms with van der Waals surface area (Å²) in [5, 5.41) is 6.12. The molecule has 0 saturated heterocycles. The molecule has 0 aromatic heterocycles. The van der Waals surface area contributed by atoms with Gasteiger partial charge < -0.3 is 15.4 Å². The van der Waals surface area contributed by atoms with Crippen molar-refractivity contribution < 1.29 is 9.53 Å². The minimum Gasteiger partial charge on any atom is -0.497 e. The Morgan fingerprint density at radius 3 is 2.14 bits per heavy atom. The topological polar surface area (TPSA) is 50.4 Å². The normalized spacial score (nSPS) is 16.3. The lowest BCUT2D eigenvalue weighted by Gasteiger charge is -2.31. The molecule has 0 radical (unpaired) electrons. The first-order valence-electron chi connectivity index (χ1n) is 9.28. The van der Waals surface area contributed by atoms with E-state index in [1.165, 1.54) is 5.56 Å². The number of benzene rings is 3. The molecule has 3 aromatic rings. The van der Waals surface area contributed by atoms with Gasteiger partial charge in [0.15, 0.2) is 0 Å². The van der Waals surface area contributed by atoms with Gasteiger partial charge in [0.1, 0.15) is 5.75 Å². The van der Waals surface area contributed by atoms with E-state index in [0.717, 1.165) is 34.6 Å². The van der Waals surface area contributed by atoms with Crippen molar-refractivity contribution in [2.75, 3.05) is 7.11 Å². The third kappa shape index (κ3) is 3.76. The predicted molar refractivity (Wildman–Crippen MR) is 111 cm³/mol. The maximum Gasteiger partial charge on any atom is 0.319 e. The molecule has 4 rings (SSSR count). The van der Waals surface area contributed by atoms with E-state index in [2.05, 4.69) is 22.8 Å². The lowest BCUT2D eigenvalue weighted by Crippen LogP contribution is -2.43. The van der Waals surface area contributed by atoms with E-state index < -0.39 is 0 Å². The standard InChI is InChI=1S/C24H22N2O2/c1-28-20-14-12-19(13-15-20)23-21(16-17-8-4-2-5-9-17)22(25-24(27)26-23)18-10-6-3-7-11-18/h2-15,22H,16H2,1H3,(H2,25,26,27)/t22-/m0/s1. The largest absolute Gasteiger partial charge is 0.497 e. The SMILES string of the molecule is COc1ccc(C2=C(Cc3ccccc3)[C@H](c3ccccc3)NC(=O)N2)cc1. The summed E-state index contributed by atoms with van der Waals surface area (Å²) < 4.78 is 5.27. The molecule has 28 heavy (non-hydrogen) atoms. The zero-order valence-electron chi connectivity index (χ0n) is 15.7. The van der Waals surface area contributed by atoms with Gasteiger partial charge in [0.25, 0.3) is 0 Å². The molecular formula is C24H22N2O2. The Kier molecular flexibility index (Phi) is 5.11. The number of amides is 2. The average Bonchev–Trinajstić information content (AvgIpc) is 2.76. The van der Waals surface area contributed by atoms with Crippen molar-refractivity contribution >= 4 is 11.7 Å². The minimum absolute atomic E-state index is 0.188. The molecule has 1 aliphatic heterocycles. The van der Waals surface area contributed by atoms with E-state index in [1.54, 1.807) is 7.11 Å². The van der Waals surface area contributed by atoms with Crippen molar-refractivity contribution in [2.24, 2.45) is 0 Å². The molecular weight excluding hydrogens is 348 g/mol. The zero-order valence-corrected chi connectivity index (χ0v) is 15.7. The van der Waals surface area contributed by atoms with Gasteiger partial charge in [-0.1, -0.05) is 60.7 Å². The van der Waals surface area contributed by atoms with Crippen LogP contribution in [0.15, 0.2) is 90.5 Å². The number of rotatable bonds is 5. The van der Waals surface area contributed by atoms with E-state index in [9.17, 15) is 4.79 Å². The summed E-state index contributed by atoms with van der Waals surface area (Å²) in [6, 6.07) is 27.8. The number of hydrogen-bond donors (Lipinski definition) is 2. The number of methoxy groups -OCH3 is 1. The molecule has 0 fully saturated rings. The molecule has 0 spiro atoms. The van der Waals surface area contributed by atoms with Crippen molar-refractivity contribution in [2.45, 2.75) is 12.5 Å². The van der Waals surface area contributed by atoms with Crippen LogP contribution in [0.1, 0.15) is 22.7 Å². The number of nitrogens with one attached hydrogen (secondary N) is 2. The van der Waals surface area contributed by atoms with Gasteiger partial charge in [-0.15, -0.1) is 0 Å². The molecule has 2 N–H and O–H groups in total. The van der Waals surface area contributed by atoms with Gasteiger partial charge in [0.05, 0.1) is 18.8 Å². The number of hydrogen-bond acceptors (Lipinski definition) is 2. The Bertz CT molecular complexity index is 980. The van der Waals surface area contributed by atoms with Gasteiger partial charge in [0.2, 0.25) is 0 Å². The Morgan fingerprint density at radius 1 is 0.857 bits per heavy atom. The molecule has 1 aliphatic rings. The van der Waals surface area contributed by atoms with E-state index in [1.807, 2.05) is 72.8 Å². The molecule has 0 aliphatic carbocycles. The maximum atomic E-state index is 12.5. The summed E-state index contributed by atoms with van der Waals surface area (Å²) in [6.45, 7) is 0. The summed E-state index contributed by atoms with van der Waals surface area (Å²) in [4.78, 5) is 12.5. The average molecular weight is 370 g/mol. The molecule has 0 saturated carbocycles. The first kappa shape index (κ1) is 17.9. The molecule has 0 bridgehead atoms. The van der Waals surface area contributed by atoms with E-state index in [4.69, 9.17) is 4.74 Å². The van der Waals surface area contributed by atoms with E-state index in [-0.39, 0.29) is 12.1 Å². The predicted octanol–water partition coefficient (Wildman–Crippen LogP) is 4.70. The molecule has 3 aromatic carbocycles. The highest BCUT2D eigenvalue weighted by molar-refractivity contribution is 5.90. The van der Waals surface area contributed by atoms with Crippen molar-refractivity contribution in [3.05, 3.63) is 107 Å². The maximum absolute atomic E-state index is 12.5. The fourth-order valence-electron chi connectivity index (χ4n) is 3.54. The second-order valence-corrected chi connectivity index (χ2v) is 6.73. The van der Waals surface area contributed by atoms with Crippen LogP contribution >= 0.6 is 0 Å². The van der Waals surface area contributed by atoms with Gasteiger partial charge in [-0.05, 0) is 52.9 Å². The minimum atomic E-state index is -0.198. The highest BCUT2D eigenvalue weighted by Crippen LogP contribution is 2.33. The van der Waals surface area contributed by atoms with Crippen LogP contribution in [-0.2, 0) is 6.42 Å². The van der Waals surface area contributed by atoms with Gasteiger partial charge in [-0.25, -0.2) is 4.79 Å². The second kappa shape index (κ2) is 8.01. The number of ether oxygens (including phenoxy) is 1.